The molecular formula is C9H9N3O2. The highest BCUT2D eigenvalue weighted by molar-refractivity contribution is 5.12. The summed E-state index contributed by atoms with van der Waals surface area (Å²) < 4.78 is 1.23. The summed E-state index contributed by atoms with van der Waals surface area (Å²) in [5.41, 5.74) is 0.538. The van der Waals surface area contributed by atoms with Crippen molar-refractivity contribution < 1.29 is 5.11 Å². The summed E-state index contributed by atoms with van der Waals surface area (Å²) in [7, 11) is 0. The van der Waals surface area contributed by atoms with Crippen molar-refractivity contribution in [2.45, 2.75) is 6.54 Å². The summed E-state index contributed by atoms with van der Waals surface area (Å²) in [4.78, 5) is 17.5. The van der Waals surface area contributed by atoms with Crippen LogP contribution in [0.4, 0.5) is 0 Å². The lowest BCUT2D eigenvalue weighted by Gasteiger charge is -2.01. The Morgan fingerprint density at radius 1 is 1.57 bits per heavy atom. The van der Waals surface area contributed by atoms with Gasteiger partial charge in [-0.05, 0) is 11.6 Å². The number of hydrogen-bond acceptors (Lipinski definition) is 3. The lowest BCUT2D eigenvalue weighted by atomic mass is 10.3. The minimum atomic E-state index is -0.327. The van der Waals surface area contributed by atoms with Crippen molar-refractivity contribution in [3.63, 3.8) is 0 Å². The van der Waals surface area contributed by atoms with Gasteiger partial charge in [-0.1, -0.05) is 6.07 Å². The first-order valence-electron chi connectivity index (χ1n) is 4.13. The average Bonchev–Trinajstić information content (AvgIpc) is 2.51. The minimum Gasteiger partial charge on any atom is -0.493 e. The first kappa shape index (κ1) is 8.55. The van der Waals surface area contributed by atoms with Crippen LogP contribution in [0.15, 0.2) is 35.5 Å². The van der Waals surface area contributed by atoms with Crippen molar-refractivity contribution in [3.05, 3.63) is 46.8 Å². The van der Waals surface area contributed by atoms with Gasteiger partial charge in [0, 0.05) is 12.4 Å². The van der Waals surface area contributed by atoms with Crippen molar-refractivity contribution in [1.29, 1.82) is 0 Å². The van der Waals surface area contributed by atoms with E-state index in [4.69, 9.17) is 0 Å². The van der Waals surface area contributed by atoms with Gasteiger partial charge < -0.3 is 10.1 Å². The van der Waals surface area contributed by atoms with Gasteiger partial charge in [-0.25, -0.2) is 4.79 Å². The number of pyridine rings is 1. The normalized spacial score (nSPS) is 10.3. The summed E-state index contributed by atoms with van der Waals surface area (Å²) in [6, 6.07) is 3.62. The van der Waals surface area contributed by atoms with E-state index < -0.39 is 0 Å². The first-order valence-corrected chi connectivity index (χ1v) is 4.13. The molecule has 0 aliphatic heterocycles. The Morgan fingerprint density at radius 3 is 3.00 bits per heavy atom. The lowest BCUT2D eigenvalue weighted by molar-refractivity contribution is 0.421. The molecule has 0 bridgehead atoms. The van der Waals surface area contributed by atoms with E-state index in [1.807, 2.05) is 6.07 Å². The van der Waals surface area contributed by atoms with Crippen LogP contribution in [0.5, 0.6) is 5.88 Å². The molecule has 0 saturated carbocycles. The van der Waals surface area contributed by atoms with E-state index >= 15 is 0 Å². The summed E-state index contributed by atoms with van der Waals surface area (Å²) in [6.07, 6.45) is 4.57. The van der Waals surface area contributed by atoms with E-state index in [0.29, 0.717) is 6.54 Å². The number of H-pyrrole nitrogens is 1. The number of rotatable bonds is 2. The minimum absolute atomic E-state index is 0.0705. The Hall–Kier alpha value is -2.04. The molecular weight excluding hydrogens is 182 g/mol. The van der Waals surface area contributed by atoms with Crippen molar-refractivity contribution in [2.24, 2.45) is 0 Å². The smallest absolute Gasteiger partial charge is 0.328 e. The Kier molecular flexibility index (Phi) is 2.06. The van der Waals surface area contributed by atoms with Crippen LogP contribution in [-0.2, 0) is 6.54 Å². The zero-order valence-electron chi connectivity index (χ0n) is 7.34. The van der Waals surface area contributed by atoms with Gasteiger partial charge in [-0.15, -0.1) is 0 Å². The Morgan fingerprint density at radius 2 is 2.43 bits per heavy atom. The van der Waals surface area contributed by atoms with Gasteiger partial charge in [0.1, 0.15) is 0 Å². The molecule has 2 aromatic heterocycles. The molecule has 0 aliphatic rings. The Bertz CT molecular complexity index is 472. The second-order valence-corrected chi connectivity index (χ2v) is 2.90. The van der Waals surface area contributed by atoms with Gasteiger partial charge in [0.05, 0.1) is 12.7 Å². The fourth-order valence-electron chi connectivity index (χ4n) is 1.21. The highest BCUT2D eigenvalue weighted by Crippen LogP contribution is 2.06. The number of nitrogens with zero attached hydrogens (tertiary/aromatic N) is 2. The molecule has 5 nitrogen and oxygen atoms in total. The summed E-state index contributed by atoms with van der Waals surface area (Å²) >= 11 is 0. The molecule has 2 rings (SSSR count). The number of aromatic nitrogens is 3. The topological polar surface area (TPSA) is 70.9 Å². The van der Waals surface area contributed by atoms with Gasteiger partial charge in [-0.2, -0.15) is 0 Å². The first-order chi connectivity index (χ1) is 6.77. The van der Waals surface area contributed by atoms with Crippen molar-refractivity contribution in [3.8, 4) is 5.88 Å². The molecule has 0 radical (unpaired) electrons. The molecule has 14 heavy (non-hydrogen) atoms. The molecule has 0 fully saturated rings. The average molecular weight is 191 g/mol. The largest absolute Gasteiger partial charge is 0.493 e. The van der Waals surface area contributed by atoms with Crippen LogP contribution < -0.4 is 5.69 Å². The maximum absolute atomic E-state index is 11.2. The van der Waals surface area contributed by atoms with Crippen LogP contribution >= 0.6 is 0 Å². The van der Waals surface area contributed by atoms with Crippen LogP contribution in [0.3, 0.4) is 0 Å². The Labute approximate surface area is 79.7 Å². The van der Waals surface area contributed by atoms with E-state index in [-0.39, 0.29) is 11.6 Å². The van der Waals surface area contributed by atoms with Gasteiger partial charge >= 0.3 is 5.69 Å². The van der Waals surface area contributed by atoms with Crippen molar-refractivity contribution in [1.82, 2.24) is 14.5 Å². The second-order valence-electron chi connectivity index (χ2n) is 2.90. The number of imidazole rings is 1. The molecule has 0 aromatic carbocycles. The van der Waals surface area contributed by atoms with E-state index in [9.17, 15) is 9.90 Å². The van der Waals surface area contributed by atoms with Gasteiger partial charge in [0.2, 0.25) is 5.88 Å². The van der Waals surface area contributed by atoms with Gasteiger partial charge in [-0.3, -0.25) is 9.55 Å². The van der Waals surface area contributed by atoms with Crippen LogP contribution in [0.1, 0.15) is 5.56 Å². The third kappa shape index (κ3) is 1.52. The third-order valence-corrected chi connectivity index (χ3v) is 1.91. The molecule has 0 amide bonds. The number of hydrogen-bond donors (Lipinski definition) is 2. The monoisotopic (exact) mass is 191 g/mol. The standard InChI is InChI=1S/C9H9N3O2/c13-8-5-11-9(14)12(8)6-7-2-1-3-10-4-7/h1-5,13H,6H2,(H,11,14). The zero-order chi connectivity index (χ0) is 9.97. The third-order valence-electron chi connectivity index (χ3n) is 1.91. The molecule has 0 atom stereocenters. The fourth-order valence-corrected chi connectivity index (χ4v) is 1.21. The molecule has 72 valence electrons. The molecule has 2 heterocycles. The summed E-state index contributed by atoms with van der Waals surface area (Å²) in [5, 5.41) is 9.30. The highest BCUT2D eigenvalue weighted by atomic mass is 16.3. The molecule has 5 heteroatoms. The SMILES string of the molecule is O=c1[nH]cc(O)n1Cc1cccnc1. The Balaban J connectivity index is 2.32. The van der Waals surface area contributed by atoms with Gasteiger partial charge in [0.15, 0.2) is 0 Å². The number of nitrogens with one attached hydrogen (secondary N) is 1. The quantitative estimate of drug-likeness (QED) is 0.718. The molecule has 0 unspecified atom stereocenters. The van der Waals surface area contributed by atoms with Crippen molar-refractivity contribution in [2.75, 3.05) is 0 Å². The lowest BCUT2D eigenvalue weighted by Crippen LogP contribution is -2.17. The second kappa shape index (κ2) is 3.37. The van der Waals surface area contributed by atoms with Gasteiger partial charge in [0.25, 0.3) is 0 Å². The molecule has 0 spiro atoms. The maximum atomic E-state index is 11.2. The molecule has 0 saturated heterocycles. The molecule has 2 N–H and O–H groups in total. The maximum Gasteiger partial charge on any atom is 0.328 e. The van der Waals surface area contributed by atoms with Crippen LogP contribution in [0, 0.1) is 0 Å². The predicted octanol–water partition coefficient (Wildman–Crippen LogP) is 0.325. The summed E-state index contributed by atoms with van der Waals surface area (Å²) in [5.74, 6) is -0.0705. The number of aromatic hydroxyl groups is 1. The van der Waals surface area contributed by atoms with E-state index in [1.54, 1.807) is 18.5 Å². The summed E-state index contributed by atoms with van der Waals surface area (Å²) in [6.45, 7) is 0.321. The predicted molar refractivity (Wildman–Crippen MR) is 50.1 cm³/mol. The highest BCUT2D eigenvalue weighted by Gasteiger charge is 2.04. The van der Waals surface area contributed by atoms with Crippen LogP contribution in [0.25, 0.3) is 0 Å². The van der Waals surface area contributed by atoms with Crippen LogP contribution in [0.2, 0.25) is 0 Å². The van der Waals surface area contributed by atoms with Crippen LogP contribution in [-0.4, -0.2) is 19.6 Å². The van der Waals surface area contributed by atoms with E-state index in [2.05, 4.69) is 9.97 Å². The zero-order valence-corrected chi connectivity index (χ0v) is 7.34. The fraction of sp³-hybridized carbons (Fsp3) is 0.111. The molecule has 2 aromatic rings. The van der Waals surface area contributed by atoms with E-state index in [1.165, 1.54) is 10.8 Å². The number of aromatic amines is 1. The van der Waals surface area contributed by atoms with E-state index in [0.717, 1.165) is 5.56 Å². The molecule has 0 aliphatic carbocycles. The van der Waals surface area contributed by atoms with Crippen molar-refractivity contribution >= 4 is 0 Å².